The van der Waals surface area contributed by atoms with Crippen LogP contribution in [0.25, 0.3) is 0 Å². The van der Waals surface area contributed by atoms with E-state index in [1.54, 1.807) is 17.4 Å². The zero-order valence-corrected chi connectivity index (χ0v) is 13.2. The van der Waals surface area contributed by atoms with Crippen LogP contribution in [0.2, 0.25) is 0 Å². The molecule has 2 aromatic heterocycles. The summed E-state index contributed by atoms with van der Waals surface area (Å²) >= 11 is 1.74. The Labute approximate surface area is 128 Å². The van der Waals surface area contributed by atoms with Gasteiger partial charge in [0.25, 0.3) is 0 Å². The van der Waals surface area contributed by atoms with Crippen LogP contribution in [0, 0.1) is 0 Å². The van der Waals surface area contributed by atoms with E-state index in [0.29, 0.717) is 17.1 Å². The summed E-state index contributed by atoms with van der Waals surface area (Å²) in [6.45, 7) is 2.12. The summed E-state index contributed by atoms with van der Waals surface area (Å²) in [6, 6.07) is 6.09. The fourth-order valence-electron chi connectivity index (χ4n) is 2.02. The average molecular weight is 305 g/mol. The number of nitrogens with two attached hydrogens (primary N) is 1. The number of anilines is 2. The number of nitrogens with zero attached hydrogens (tertiary/aromatic N) is 2. The molecule has 1 atom stereocenters. The fraction of sp³-hybridized carbons (Fsp3) is 0.333. The van der Waals surface area contributed by atoms with Crippen LogP contribution in [-0.2, 0) is 11.2 Å². The fourth-order valence-corrected chi connectivity index (χ4v) is 2.84. The van der Waals surface area contributed by atoms with Crippen molar-refractivity contribution in [2.45, 2.75) is 19.4 Å². The molecule has 0 saturated carbocycles. The number of thiophene rings is 1. The molecule has 0 aliphatic carbocycles. The summed E-state index contributed by atoms with van der Waals surface area (Å²) in [5, 5.41) is 2.07. The van der Waals surface area contributed by atoms with E-state index in [1.165, 1.54) is 18.2 Å². The number of hydrogen-bond donors (Lipinski definition) is 1. The molecular formula is C15H19N3O2S. The van der Waals surface area contributed by atoms with Gasteiger partial charge in [-0.15, -0.1) is 11.3 Å². The standard InChI is InChI=1S/C15H19N3O2S/c1-10(7-11-5-4-6-21-11)18(2)14-8-12(15(19)20-3)13(16)9-17-14/h4-6,8-10H,7,16H2,1-3H3. The predicted molar refractivity (Wildman–Crippen MR) is 85.9 cm³/mol. The Morgan fingerprint density at radius 2 is 2.33 bits per heavy atom. The summed E-state index contributed by atoms with van der Waals surface area (Å²) in [6.07, 6.45) is 2.42. The second-order valence-corrected chi connectivity index (χ2v) is 5.90. The minimum atomic E-state index is -0.449. The van der Waals surface area contributed by atoms with Crippen LogP contribution in [-0.4, -0.2) is 31.2 Å². The van der Waals surface area contributed by atoms with Gasteiger partial charge in [0.05, 0.1) is 24.6 Å². The maximum Gasteiger partial charge on any atom is 0.340 e. The van der Waals surface area contributed by atoms with Gasteiger partial charge in [-0.1, -0.05) is 6.07 Å². The maximum atomic E-state index is 11.7. The van der Waals surface area contributed by atoms with Gasteiger partial charge in [-0.05, 0) is 24.4 Å². The molecule has 0 aliphatic rings. The van der Waals surface area contributed by atoms with E-state index >= 15 is 0 Å². The Hall–Kier alpha value is -2.08. The highest BCUT2D eigenvalue weighted by molar-refractivity contribution is 7.09. The SMILES string of the molecule is COC(=O)c1cc(N(C)C(C)Cc2cccs2)ncc1N. The summed E-state index contributed by atoms with van der Waals surface area (Å²) in [5.74, 6) is 0.254. The van der Waals surface area contributed by atoms with Crippen LogP contribution < -0.4 is 10.6 Å². The van der Waals surface area contributed by atoms with Gasteiger partial charge in [-0.2, -0.15) is 0 Å². The van der Waals surface area contributed by atoms with Crippen LogP contribution in [0.1, 0.15) is 22.2 Å². The second-order valence-electron chi connectivity index (χ2n) is 4.86. The van der Waals surface area contributed by atoms with E-state index < -0.39 is 5.97 Å². The number of likely N-dealkylation sites (N-methyl/N-ethyl adjacent to an activating group) is 1. The minimum absolute atomic E-state index is 0.255. The van der Waals surface area contributed by atoms with Crippen LogP contribution >= 0.6 is 11.3 Å². The van der Waals surface area contributed by atoms with Crippen molar-refractivity contribution < 1.29 is 9.53 Å². The van der Waals surface area contributed by atoms with E-state index in [9.17, 15) is 4.79 Å². The third kappa shape index (κ3) is 3.52. The van der Waals surface area contributed by atoms with E-state index in [0.717, 1.165) is 6.42 Å². The Balaban J connectivity index is 2.18. The number of carbonyl (C=O) groups excluding carboxylic acids is 1. The second kappa shape index (κ2) is 6.58. The number of ether oxygens (including phenoxy) is 1. The molecule has 0 aromatic carbocycles. The van der Waals surface area contributed by atoms with Gasteiger partial charge >= 0.3 is 5.97 Å². The van der Waals surface area contributed by atoms with Gasteiger partial charge < -0.3 is 15.4 Å². The largest absolute Gasteiger partial charge is 0.465 e. The first-order valence-corrected chi connectivity index (χ1v) is 7.50. The van der Waals surface area contributed by atoms with Crippen LogP contribution in [0.15, 0.2) is 29.8 Å². The molecule has 2 rings (SSSR count). The van der Waals surface area contributed by atoms with Crippen molar-refractivity contribution in [3.05, 3.63) is 40.2 Å². The maximum absolute atomic E-state index is 11.7. The van der Waals surface area contributed by atoms with Gasteiger partial charge in [-0.25, -0.2) is 9.78 Å². The monoisotopic (exact) mass is 305 g/mol. The highest BCUT2D eigenvalue weighted by atomic mass is 32.1. The highest BCUT2D eigenvalue weighted by Crippen LogP contribution is 2.21. The first kappa shape index (κ1) is 15.3. The number of nitrogen functional groups attached to an aromatic ring is 1. The van der Waals surface area contributed by atoms with Crippen LogP contribution in [0.4, 0.5) is 11.5 Å². The zero-order chi connectivity index (χ0) is 15.4. The molecule has 2 N–H and O–H groups in total. The number of esters is 1. The van der Waals surface area contributed by atoms with E-state index in [-0.39, 0.29) is 6.04 Å². The number of aromatic nitrogens is 1. The van der Waals surface area contributed by atoms with Crippen molar-refractivity contribution >= 4 is 28.8 Å². The smallest absolute Gasteiger partial charge is 0.340 e. The van der Waals surface area contributed by atoms with Crippen molar-refractivity contribution in [3.63, 3.8) is 0 Å². The van der Waals surface area contributed by atoms with Gasteiger partial charge in [0.15, 0.2) is 0 Å². The van der Waals surface area contributed by atoms with Gasteiger partial charge in [-0.3, -0.25) is 0 Å². The van der Waals surface area contributed by atoms with E-state index in [2.05, 4.69) is 23.4 Å². The molecule has 0 bridgehead atoms. The zero-order valence-electron chi connectivity index (χ0n) is 12.4. The Kier molecular flexibility index (Phi) is 4.80. The lowest BCUT2D eigenvalue weighted by atomic mass is 10.1. The molecule has 0 aliphatic heterocycles. The molecule has 6 heteroatoms. The van der Waals surface area contributed by atoms with Crippen LogP contribution in [0.3, 0.4) is 0 Å². The summed E-state index contributed by atoms with van der Waals surface area (Å²) in [4.78, 5) is 19.3. The molecule has 0 radical (unpaired) electrons. The van der Waals surface area contributed by atoms with E-state index in [4.69, 9.17) is 10.5 Å². The number of rotatable bonds is 5. The molecule has 5 nitrogen and oxygen atoms in total. The van der Waals surface area contributed by atoms with Crippen LogP contribution in [0.5, 0.6) is 0 Å². The predicted octanol–water partition coefficient (Wildman–Crippen LogP) is 2.58. The topological polar surface area (TPSA) is 68.5 Å². The molecule has 2 aromatic rings. The van der Waals surface area contributed by atoms with Crippen molar-refractivity contribution in [2.75, 3.05) is 24.8 Å². The van der Waals surface area contributed by atoms with Crippen molar-refractivity contribution in [1.29, 1.82) is 0 Å². The first-order valence-electron chi connectivity index (χ1n) is 6.62. The molecule has 0 spiro atoms. The molecule has 0 amide bonds. The third-order valence-corrected chi connectivity index (χ3v) is 4.32. The molecular weight excluding hydrogens is 286 g/mol. The summed E-state index contributed by atoms with van der Waals surface area (Å²) < 4.78 is 4.73. The average Bonchev–Trinajstić information content (AvgIpc) is 2.99. The number of carbonyl (C=O) groups is 1. The molecule has 0 saturated heterocycles. The lowest BCUT2D eigenvalue weighted by Crippen LogP contribution is -2.31. The quantitative estimate of drug-likeness (QED) is 0.860. The van der Waals surface area contributed by atoms with Crippen molar-refractivity contribution in [1.82, 2.24) is 4.98 Å². The van der Waals surface area contributed by atoms with Gasteiger partial charge in [0, 0.05) is 24.4 Å². The molecule has 112 valence electrons. The van der Waals surface area contributed by atoms with Crippen molar-refractivity contribution in [2.24, 2.45) is 0 Å². The van der Waals surface area contributed by atoms with Crippen molar-refractivity contribution in [3.8, 4) is 0 Å². The van der Waals surface area contributed by atoms with Gasteiger partial charge in [0.1, 0.15) is 5.82 Å². The molecule has 0 fully saturated rings. The number of pyridine rings is 1. The van der Waals surface area contributed by atoms with Gasteiger partial charge in [0.2, 0.25) is 0 Å². The molecule has 21 heavy (non-hydrogen) atoms. The molecule has 2 heterocycles. The molecule has 1 unspecified atom stereocenters. The summed E-state index contributed by atoms with van der Waals surface area (Å²) in [5.41, 5.74) is 6.44. The Morgan fingerprint density at radius 3 is 2.95 bits per heavy atom. The van der Waals surface area contributed by atoms with E-state index in [1.807, 2.05) is 18.0 Å². The highest BCUT2D eigenvalue weighted by Gasteiger charge is 2.17. The summed E-state index contributed by atoms with van der Waals surface area (Å²) in [7, 11) is 3.29. The minimum Gasteiger partial charge on any atom is -0.465 e. The third-order valence-electron chi connectivity index (χ3n) is 3.42. The lowest BCUT2D eigenvalue weighted by Gasteiger charge is -2.26. The number of hydrogen-bond acceptors (Lipinski definition) is 6. The Bertz CT molecular complexity index is 613. The lowest BCUT2D eigenvalue weighted by molar-refractivity contribution is 0.0602. The Morgan fingerprint density at radius 1 is 1.57 bits per heavy atom. The number of methoxy groups -OCH3 is 1. The normalized spacial score (nSPS) is 12.0. The first-order chi connectivity index (χ1) is 10.0.